The summed E-state index contributed by atoms with van der Waals surface area (Å²) in [5.41, 5.74) is 2.95. The van der Waals surface area contributed by atoms with E-state index < -0.39 is 11.4 Å². The quantitative estimate of drug-likeness (QED) is 0.518. The van der Waals surface area contributed by atoms with Crippen molar-refractivity contribution in [2.45, 2.75) is 20.4 Å². The van der Waals surface area contributed by atoms with E-state index in [4.69, 9.17) is 4.74 Å². The van der Waals surface area contributed by atoms with Gasteiger partial charge in [0.05, 0.1) is 18.7 Å². The molecule has 2 heterocycles. The Bertz CT molecular complexity index is 1200. The third kappa shape index (κ3) is 2.95. The first-order chi connectivity index (χ1) is 13.5. The van der Waals surface area contributed by atoms with Crippen LogP contribution >= 0.6 is 0 Å². The van der Waals surface area contributed by atoms with Crippen LogP contribution in [0.5, 0.6) is 0 Å². The van der Waals surface area contributed by atoms with Gasteiger partial charge < -0.3 is 9.30 Å². The van der Waals surface area contributed by atoms with Crippen molar-refractivity contribution in [1.82, 2.24) is 4.57 Å². The van der Waals surface area contributed by atoms with Gasteiger partial charge >= 0.3 is 5.97 Å². The summed E-state index contributed by atoms with van der Waals surface area (Å²) in [7, 11) is 0. The minimum atomic E-state index is -0.647. The number of Topliss-reactive ketones (excluding diaryl/α,β-unsaturated/α-hetero) is 1. The zero-order chi connectivity index (χ0) is 19.8. The fraction of sp³-hybridized carbons (Fsp3) is 0.174. The van der Waals surface area contributed by atoms with E-state index >= 15 is 0 Å². The second-order valence-corrected chi connectivity index (χ2v) is 6.84. The molecule has 0 saturated carbocycles. The number of allylic oxidation sites excluding steroid dienone is 1. The molecule has 140 valence electrons. The number of benzene rings is 2. The second-order valence-electron chi connectivity index (χ2n) is 6.84. The molecule has 5 nitrogen and oxygen atoms in total. The van der Waals surface area contributed by atoms with E-state index in [-0.39, 0.29) is 24.5 Å². The average molecular weight is 373 g/mol. The summed E-state index contributed by atoms with van der Waals surface area (Å²) in [6.07, 6.45) is 3.36. The van der Waals surface area contributed by atoms with Crippen molar-refractivity contribution < 1.29 is 14.3 Å². The maximum Gasteiger partial charge on any atom is 0.343 e. The van der Waals surface area contributed by atoms with E-state index in [0.717, 1.165) is 11.1 Å². The molecule has 0 saturated heterocycles. The van der Waals surface area contributed by atoms with E-state index in [0.29, 0.717) is 22.0 Å². The predicted molar refractivity (Wildman–Crippen MR) is 108 cm³/mol. The molecule has 3 aromatic rings. The third-order valence-corrected chi connectivity index (χ3v) is 4.83. The van der Waals surface area contributed by atoms with Crippen molar-refractivity contribution in [2.75, 3.05) is 6.61 Å². The molecule has 28 heavy (non-hydrogen) atoms. The number of ether oxygens (including phenoxy) is 1. The maximum atomic E-state index is 13.1. The Morgan fingerprint density at radius 1 is 1.18 bits per heavy atom. The van der Waals surface area contributed by atoms with Gasteiger partial charge in [0.15, 0.2) is 5.78 Å². The Kier molecular flexibility index (Phi) is 4.43. The molecule has 4 rings (SSSR count). The summed E-state index contributed by atoms with van der Waals surface area (Å²) in [4.78, 5) is 38.3. The zero-order valence-electron chi connectivity index (χ0n) is 15.7. The number of rotatable bonds is 3. The van der Waals surface area contributed by atoms with E-state index in [9.17, 15) is 14.4 Å². The summed E-state index contributed by atoms with van der Waals surface area (Å²) in [5.74, 6) is -0.743. The maximum absolute atomic E-state index is 13.1. The predicted octanol–water partition coefficient (Wildman–Crippen LogP) is 3.77. The molecule has 0 radical (unpaired) electrons. The highest BCUT2D eigenvalue weighted by Crippen LogP contribution is 2.29. The monoisotopic (exact) mass is 373 g/mol. The van der Waals surface area contributed by atoms with E-state index in [1.807, 2.05) is 43.3 Å². The van der Waals surface area contributed by atoms with Crippen LogP contribution in [0.3, 0.4) is 0 Å². The third-order valence-electron chi connectivity index (χ3n) is 4.83. The molecule has 0 unspecified atom stereocenters. The molecular formula is C23H19NO4. The molecule has 1 aromatic heterocycles. The SMILES string of the molecule is CCOC(=O)c1cn2c3c(cc(C)cc3c1=O)C(=O)/C(=C/c1ccccc1)C2. The van der Waals surface area contributed by atoms with Crippen LogP contribution < -0.4 is 5.43 Å². The Morgan fingerprint density at radius 2 is 1.93 bits per heavy atom. The van der Waals surface area contributed by atoms with Crippen LogP contribution in [-0.2, 0) is 11.3 Å². The van der Waals surface area contributed by atoms with E-state index in [2.05, 4.69) is 0 Å². The Labute approximate surface area is 161 Å². The lowest BCUT2D eigenvalue weighted by atomic mass is 9.92. The highest BCUT2D eigenvalue weighted by Gasteiger charge is 2.27. The summed E-state index contributed by atoms with van der Waals surface area (Å²) < 4.78 is 6.85. The van der Waals surface area contributed by atoms with Crippen molar-refractivity contribution in [3.8, 4) is 0 Å². The van der Waals surface area contributed by atoms with Gasteiger partial charge in [-0.3, -0.25) is 9.59 Å². The van der Waals surface area contributed by atoms with Gasteiger partial charge in [0.1, 0.15) is 5.56 Å². The van der Waals surface area contributed by atoms with Crippen molar-refractivity contribution in [3.63, 3.8) is 0 Å². The normalized spacial score (nSPS) is 14.5. The van der Waals surface area contributed by atoms with Gasteiger partial charge in [0.2, 0.25) is 5.43 Å². The molecule has 0 bridgehead atoms. The number of esters is 1. The first kappa shape index (κ1) is 17.9. The minimum absolute atomic E-state index is 0.0145. The van der Waals surface area contributed by atoms with Crippen molar-refractivity contribution in [3.05, 3.63) is 86.7 Å². The van der Waals surface area contributed by atoms with Gasteiger partial charge in [0, 0.05) is 22.7 Å². The summed E-state index contributed by atoms with van der Waals surface area (Å²) in [6, 6.07) is 13.1. The minimum Gasteiger partial charge on any atom is -0.462 e. The molecule has 0 atom stereocenters. The average Bonchev–Trinajstić information content (AvgIpc) is 2.68. The molecule has 0 spiro atoms. The van der Waals surface area contributed by atoms with Crippen LogP contribution in [0.1, 0.15) is 38.8 Å². The number of nitrogens with zero attached hydrogens (tertiary/aromatic N) is 1. The van der Waals surface area contributed by atoms with Gasteiger partial charge in [-0.05, 0) is 43.2 Å². The van der Waals surface area contributed by atoms with Gasteiger partial charge in [0.25, 0.3) is 0 Å². The standard InChI is InChI=1S/C23H19NO4/c1-3-28-23(27)19-13-24-12-16(11-15-7-5-4-6-8-15)21(25)17-9-14(2)10-18(20(17)24)22(19)26/h4-11,13H,3,12H2,1-2H3/b16-11+. The first-order valence-electron chi connectivity index (χ1n) is 9.15. The smallest absolute Gasteiger partial charge is 0.343 e. The fourth-order valence-corrected chi connectivity index (χ4v) is 3.63. The van der Waals surface area contributed by atoms with Crippen LogP contribution in [0.4, 0.5) is 0 Å². The topological polar surface area (TPSA) is 65.4 Å². The van der Waals surface area contributed by atoms with Crippen LogP contribution in [0.15, 0.2) is 59.0 Å². The molecule has 0 amide bonds. The van der Waals surface area contributed by atoms with Crippen LogP contribution in [-0.4, -0.2) is 22.9 Å². The van der Waals surface area contributed by atoms with E-state index in [1.165, 1.54) is 6.20 Å². The van der Waals surface area contributed by atoms with Crippen LogP contribution in [0.2, 0.25) is 0 Å². The number of hydrogen-bond acceptors (Lipinski definition) is 4. The Balaban J connectivity index is 1.96. The van der Waals surface area contributed by atoms with E-state index in [1.54, 1.807) is 23.6 Å². The number of carbonyl (C=O) groups excluding carboxylic acids is 2. The number of aryl methyl sites for hydroxylation is 1. The molecule has 0 aliphatic carbocycles. The number of ketones is 1. The van der Waals surface area contributed by atoms with Crippen molar-refractivity contribution >= 4 is 28.7 Å². The number of pyridine rings is 1. The van der Waals surface area contributed by atoms with Crippen molar-refractivity contribution in [2.24, 2.45) is 0 Å². The summed E-state index contributed by atoms with van der Waals surface area (Å²) in [6.45, 7) is 4.00. The van der Waals surface area contributed by atoms with Crippen molar-refractivity contribution in [1.29, 1.82) is 0 Å². The second kappa shape index (κ2) is 6.93. The molecule has 2 aromatic carbocycles. The van der Waals surface area contributed by atoms with Gasteiger partial charge in [-0.25, -0.2) is 4.79 Å². The van der Waals surface area contributed by atoms with Crippen LogP contribution in [0.25, 0.3) is 17.0 Å². The van der Waals surface area contributed by atoms with Gasteiger partial charge in [-0.15, -0.1) is 0 Å². The highest BCUT2D eigenvalue weighted by molar-refractivity contribution is 6.19. The fourth-order valence-electron chi connectivity index (χ4n) is 3.63. The number of aromatic nitrogens is 1. The molecule has 0 N–H and O–H groups in total. The lowest BCUT2D eigenvalue weighted by molar-refractivity contribution is 0.0524. The highest BCUT2D eigenvalue weighted by atomic mass is 16.5. The number of carbonyl (C=O) groups is 2. The summed E-state index contributed by atoms with van der Waals surface area (Å²) >= 11 is 0. The largest absolute Gasteiger partial charge is 0.462 e. The zero-order valence-corrected chi connectivity index (χ0v) is 15.7. The molecule has 5 heteroatoms. The molecule has 0 fully saturated rings. The van der Waals surface area contributed by atoms with Gasteiger partial charge in [-0.1, -0.05) is 30.3 Å². The summed E-state index contributed by atoms with van der Waals surface area (Å²) in [5, 5.41) is 0.368. The Hall–Kier alpha value is -3.47. The number of hydrogen-bond donors (Lipinski definition) is 0. The molecular weight excluding hydrogens is 354 g/mol. The lowest BCUT2D eigenvalue weighted by Gasteiger charge is -2.22. The van der Waals surface area contributed by atoms with Crippen LogP contribution in [0, 0.1) is 6.92 Å². The van der Waals surface area contributed by atoms with Gasteiger partial charge in [-0.2, -0.15) is 0 Å². The molecule has 1 aliphatic heterocycles. The first-order valence-corrected chi connectivity index (χ1v) is 9.15. The molecule has 1 aliphatic rings. The lowest BCUT2D eigenvalue weighted by Crippen LogP contribution is -2.26. The Morgan fingerprint density at radius 3 is 2.64 bits per heavy atom.